The number of carbonyl (C=O) groups is 1. The molecule has 0 spiro atoms. The molecule has 6 nitrogen and oxygen atoms in total. The maximum absolute atomic E-state index is 12.9. The first kappa shape index (κ1) is 20.9. The van der Waals surface area contributed by atoms with E-state index in [1.54, 1.807) is 54.6 Å². The molecule has 7 heteroatoms. The third kappa shape index (κ3) is 4.56. The summed E-state index contributed by atoms with van der Waals surface area (Å²) < 4.78 is 36.1. The molecule has 1 N–H and O–H groups in total. The Balaban J connectivity index is 1.51. The molecule has 0 bridgehead atoms. The summed E-state index contributed by atoms with van der Waals surface area (Å²) in [5, 5.41) is 3.02. The van der Waals surface area contributed by atoms with E-state index in [4.69, 9.17) is 9.47 Å². The summed E-state index contributed by atoms with van der Waals surface area (Å²) in [7, 11) is -3.50. The summed E-state index contributed by atoms with van der Waals surface area (Å²) in [5.41, 5.74) is 1.14. The number of ether oxygens (including phenoxy) is 2. The van der Waals surface area contributed by atoms with Gasteiger partial charge in [0.15, 0.2) is 21.3 Å². The lowest BCUT2D eigenvalue weighted by molar-refractivity contribution is 0.0911. The van der Waals surface area contributed by atoms with Crippen molar-refractivity contribution in [1.82, 2.24) is 5.32 Å². The van der Waals surface area contributed by atoms with Crippen LogP contribution in [0.2, 0.25) is 0 Å². The summed E-state index contributed by atoms with van der Waals surface area (Å²) in [6, 6.07) is 20.5. The molecule has 160 valence electrons. The molecule has 0 saturated heterocycles. The molecular formula is C24H23NO5S. The highest BCUT2D eigenvalue weighted by atomic mass is 32.2. The number of rotatable bonds is 6. The minimum absolute atomic E-state index is 0.177. The first-order valence-corrected chi connectivity index (χ1v) is 11.5. The molecule has 0 fully saturated rings. The highest BCUT2D eigenvalue weighted by Gasteiger charge is 2.26. The van der Waals surface area contributed by atoms with Gasteiger partial charge in [0.25, 0.3) is 5.91 Å². The van der Waals surface area contributed by atoms with Gasteiger partial charge in [-0.25, -0.2) is 8.42 Å². The second-order valence-electron chi connectivity index (χ2n) is 7.92. The van der Waals surface area contributed by atoms with Crippen LogP contribution in [0.3, 0.4) is 0 Å². The van der Waals surface area contributed by atoms with E-state index in [2.05, 4.69) is 5.32 Å². The van der Waals surface area contributed by atoms with Crippen molar-refractivity contribution < 1.29 is 22.7 Å². The van der Waals surface area contributed by atoms with Gasteiger partial charge in [0.05, 0.1) is 16.2 Å². The maximum Gasteiger partial charge on any atom is 0.251 e. The molecule has 0 saturated carbocycles. The Morgan fingerprint density at radius 3 is 2.45 bits per heavy atom. The Morgan fingerprint density at radius 1 is 0.935 bits per heavy atom. The van der Waals surface area contributed by atoms with Crippen LogP contribution < -0.4 is 14.8 Å². The van der Waals surface area contributed by atoms with E-state index >= 15 is 0 Å². The molecule has 1 heterocycles. The van der Waals surface area contributed by atoms with Crippen LogP contribution in [0.25, 0.3) is 0 Å². The highest BCUT2D eigenvalue weighted by Crippen LogP contribution is 2.35. The predicted octanol–water partition coefficient (Wildman–Crippen LogP) is 4.05. The second kappa shape index (κ2) is 8.07. The zero-order chi connectivity index (χ0) is 22.1. The largest absolute Gasteiger partial charge is 0.454 e. The summed E-state index contributed by atoms with van der Waals surface area (Å²) in [6.07, 6.45) is 0. The molecule has 3 aromatic rings. The SMILES string of the molecule is CC(C)(NC(=O)c1cccc(CS(=O)(=O)c2ccccc2)c1)c1ccc2c(c1)OCO2. The van der Waals surface area contributed by atoms with Crippen molar-refractivity contribution in [2.24, 2.45) is 0 Å². The molecule has 0 aromatic heterocycles. The van der Waals surface area contributed by atoms with Gasteiger partial charge in [-0.3, -0.25) is 4.79 Å². The van der Waals surface area contributed by atoms with Crippen molar-refractivity contribution in [1.29, 1.82) is 0 Å². The summed E-state index contributed by atoms with van der Waals surface area (Å²) in [4.78, 5) is 13.2. The first-order chi connectivity index (χ1) is 14.7. The predicted molar refractivity (Wildman–Crippen MR) is 117 cm³/mol. The number of fused-ring (bicyclic) bond motifs is 1. The van der Waals surface area contributed by atoms with Crippen LogP contribution in [0.15, 0.2) is 77.7 Å². The topological polar surface area (TPSA) is 81.7 Å². The fourth-order valence-electron chi connectivity index (χ4n) is 3.45. The monoisotopic (exact) mass is 437 g/mol. The van der Waals surface area contributed by atoms with Crippen molar-refractivity contribution in [2.75, 3.05) is 6.79 Å². The van der Waals surface area contributed by atoms with Crippen molar-refractivity contribution in [2.45, 2.75) is 30.0 Å². The molecular weight excluding hydrogens is 414 g/mol. The average Bonchev–Trinajstić information content (AvgIpc) is 3.22. The highest BCUT2D eigenvalue weighted by molar-refractivity contribution is 7.90. The van der Waals surface area contributed by atoms with Crippen LogP contribution in [0.1, 0.15) is 35.3 Å². The van der Waals surface area contributed by atoms with Gasteiger partial charge in [-0.15, -0.1) is 0 Å². The van der Waals surface area contributed by atoms with E-state index in [0.717, 1.165) is 5.56 Å². The fraction of sp³-hybridized carbons (Fsp3) is 0.208. The van der Waals surface area contributed by atoms with E-state index in [1.165, 1.54) is 0 Å². The van der Waals surface area contributed by atoms with Gasteiger partial charge in [0.1, 0.15) is 0 Å². The van der Waals surface area contributed by atoms with Crippen LogP contribution in [-0.2, 0) is 21.1 Å². The Bertz CT molecular complexity index is 1220. The third-order valence-corrected chi connectivity index (χ3v) is 6.87. The number of amides is 1. The normalized spacial score (nSPS) is 13.1. The van der Waals surface area contributed by atoms with E-state index in [1.807, 2.05) is 32.0 Å². The van der Waals surface area contributed by atoms with Crippen LogP contribution in [-0.4, -0.2) is 21.1 Å². The van der Waals surface area contributed by atoms with Crippen LogP contribution in [0.4, 0.5) is 0 Å². The van der Waals surface area contributed by atoms with E-state index in [9.17, 15) is 13.2 Å². The van der Waals surface area contributed by atoms with Crippen LogP contribution >= 0.6 is 0 Å². The summed E-state index contributed by atoms with van der Waals surface area (Å²) >= 11 is 0. The van der Waals surface area contributed by atoms with Gasteiger partial charge in [-0.1, -0.05) is 36.4 Å². The van der Waals surface area contributed by atoms with Gasteiger partial charge in [0, 0.05) is 5.56 Å². The lowest BCUT2D eigenvalue weighted by Crippen LogP contribution is -2.41. The van der Waals surface area contributed by atoms with Gasteiger partial charge in [0.2, 0.25) is 6.79 Å². The van der Waals surface area contributed by atoms with Crippen molar-refractivity contribution in [3.8, 4) is 11.5 Å². The van der Waals surface area contributed by atoms with Gasteiger partial charge in [-0.05, 0) is 61.4 Å². The van der Waals surface area contributed by atoms with Crippen molar-refractivity contribution >= 4 is 15.7 Å². The molecule has 1 aliphatic heterocycles. The second-order valence-corrected chi connectivity index (χ2v) is 9.91. The number of benzene rings is 3. The lowest BCUT2D eigenvalue weighted by Gasteiger charge is -2.27. The Labute approximate surface area is 181 Å². The standard InChI is InChI=1S/C24H23NO5S/c1-24(2,19-11-12-21-22(14-19)30-16-29-21)25-23(26)18-8-6-7-17(13-18)15-31(27,28)20-9-4-3-5-10-20/h3-14H,15-16H2,1-2H3,(H,25,26). The maximum atomic E-state index is 12.9. The minimum Gasteiger partial charge on any atom is -0.454 e. The van der Waals surface area contributed by atoms with E-state index < -0.39 is 15.4 Å². The Kier molecular flexibility index (Phi) is 5.45. The smallest absolute Gasteiger partial charge is 0.251 e. The van der Waals surface area contributed by atoms with Gasteiger partial charge >= 0.3 is 0 Å². The molecule has 4 rings (SSSR count). The van der Waals surface area contributed by atoms with Gasteiger partial charge in [-0.2, -0.15) is 0 Å². The number of nitrogens with one attached hydrogen (secondary N) is 1. The molecule has 1 aliphatic rings. The van der Waals surface area contributed by atoms with Gasteiger partial charge < -0.3 is 14.8 Å². The lowest BCUT2D eigenvalue weighted by atomic mass is 9.93. The third-order valence-electron chi connectivity index (χ3n) is 5.17. The van der Waals surface area contributed by atoms with Crippen molar-refractivity contribution in [3.05, 3.63) is 89.5 Å². The number of sulfone groups is 1. The molecule has 0 atom stereocenters. The van der Waals surface area contributed by atoms with Crippen LogP contribution in [0.5, 0.6) is 11.5 Å². The first-order valence-electron chi connectivity index (χ1n) is 9.84. The quantitative estimate of drug-likeness (QED) is 0.629. The van der Waals surface area contributed by atoms with E-state index in [0.29, 0.717) is 22.6 Å². The zero-order valence-electron chi connectivity index (χ0n) is 17.3. The Morgan fingerprint density at radius 2 is 1.68 bits per heavy atom. The molecule has 0 aliphatic carbocycles. The van der Waals surface area contributed by atoms with Crippen LogP contribution in [0, 0.1) is 0 Å². The van der Waals surface area contributed by atoms with E-state index in [-0.39, 0.29) is 23.3 Å². The Hall–Kier alpha value is -3.32. The number of hydrogen-bond donors (Lipinski definition) is 1. The molecule has 0 unspecified atom stereocenters. The molecule has 3 aromatic carbocycles. The number of hydrogen-bond acceptors (Lipinski definition) is 5. The average molecular weight is 438 g/mol. The summed E-state index contributed by atoms with van der Waals surface area (Å²) in [5.74, 6) is 0.858. The fourth-order valence-corrected chi connectivity index (χ4v) is 4.80. The zero-order valence-corrected chi connectivity index (χ0v) is 18.1. The molecule has 1 amide bonds. The molecule has 31 heavy (non-hydrogen) atoms. The van der Waals surface area contributed by atoms with Crippen molar-refractivity contribution in [3.63, 3.8) is 0 Å². The molecule has 0 radical (unpaired) electrons. The number of carbonyl (C=O) groups excluding carboxylic acids is 1. The summed E-state index contributed by atoms with van der Waals surface area (Å²) in [6.45, 7) is 3.97. The minimum atomic E-state index is -3.50.